The van der Waals surface area contributed by atoms with Gasteiger partial charge >= 0.3 is 0 Å². The van der Waals surface area contributed by atoms with Crippen molar-refractivity contribution in [3.05, 3.63) is 28.8 Å². The monoisotopic (exact) mass is 285 g/mol. The van der Waals surface area contributed by atoms with Crippen LogP contribution in [0.25, 0.3) is 0 Å². The van der Waals surface area contributed by atoms with Crippen molar-refractivity contribution < 1.29 is 9.84 Å². The first-order valence-corrected chi connectivity index (χ1v) is 7.32. The Morgan fingerprint density at radius 1 is 1.26 bits per heavy atom. The van der Waals surface area contributed by atoms with Gasteiger partial charge in [-0.15, -0.1) is 0 Å². The van der Waals surface area contributed by atoms with E-state index in [1.165, 1.54) is 0 Å². The molecule has 4 heteroatoms. The summed E-state index contributed by atoms with van der Waals surface area (Å²) in [6.07, 6.45) is 0.236. The number of halogens is 1. The van der Waals surface area contributed by atoms with Crippen molar-refractivity contribution in [2.45, 2.75) is 33.3 Å². The van der Waals surface area contributed by atoms with Gasteiger partial charge in [0.25, 0.3) is 0 Å². The highest BCUT2D eigenvalue weighted by molar-refractivity contribution is 6.32. The summed E-state index contributed by atoms with van der Waals surface area (Å²) in [5.74, 6) is 0.670. The third-order valence-corrected chi connectivity index (χ3v) is 3.55. The minimum Gasteiger partial charge on any atom is -0.492 e. The Morgan fingerprint density at radius 3 is 2.47 bits per heavy atom. The molecule has 0 bridgehead atoms. The molecule has 1 aromatic carbocycles. The molecule has 1 atom stereocenters. The second kappa shape index (κ2) is 8.41. The Labute approximate surface area is 121 Å². The smallest absolute Gasteiger partial charge is 0.137 e. The highest BCUT2D eigenvalue weighted by atomic mass is 35.5. The summed E-state index contributed by atoms with van der Waals surface area (Å²) in [5, 5.41) is 10.7. The van der Waals surface area contributed by atoms with E-state index in [0.29, 0.717) is 23.8 Å². The van der Waals surface area contributed by atoms with E-state index in [0.717, 1.165) is 25.2 Å². The number of ether oxygens (including phenoxy) is 1. The predicted molar refractivity (Wildman–Crippen MR) is 80.0 cm³/mol. The lowest BCUT2D eigenvalue weighted by Gasteiger charge is -2.20. The van der Waals surface area contributed by atoms with Crippen LogP contribution in [0.4, 0.5) is 0 Å². The van der Waals surface area contributed by atoms with Gasteiger partial charge in [-0.2, -0.15) is 0 Å². The number of benzene rings is 1. The first-order chi connectivity index (χ1) is 9.12. The molecule has 0 radical (unpaired) electrons. The number of aliphatic hydroxyl groups excluding tert-OH is 1. The van der Waals surface area contributed by atoms with Gasteiger partial charge in [-0.05, 0) is 44.1 Å². The van der Waals surface area contributed by atoms with Crippen molar-refractivity contribution >= 4 is 11.6 Å². The summed E-state index contributed by atoms with van der Waals surface area (Å²) in [7, 11) is 0. The molecule has 108 valence electrons. The first-order valence-electron chi connectivity index (χ1n) is 6.94. The second-order valence-electron chi connectivity index (χ2n) is 4.45. The lowest BCUT2D eigenvalue weighted by molar-refractivity contribution is 0.145. The molecule has 0 saturated carbocycles. The van der Waals surface area contributed by atoms with Gasteiger partial charge in [-0.25, -0.2) is 0 Å². The zero-order chi connectivity index (χ0) is 14.3. The van der Waals surface area contributed by atoms with Gasteiger partial charge in [0.05, 0.1) is 17.7 Å². The van der Waals surface area contributed by atoms with Gasteiger partial charge in [-0.3, -0.25) is 0 Å². The molecule has 1 aromatic rings. The van der Waals surface area contributed by atoms with E-state index in [1.807, 2.05) is 19.1 Å². The van der Waals surface area contributed by atoms with Crippen LogP contribution in [0.1, 0.15) is 38.9 Å². The van der Waals surface area contributed by atoms with Crippen LogP contribution in [-0.4, -0.2) is 36.2 Å². The van der Waals surface area contributed by atoms with Crippen molar-refractivity contribution in [1.82, 2.24) is 4.90 Å². The first kappa shape index (κ1) is 16.3. The third kappa shape index (κ3) is 5.01. The highest BCUT2D eigenvalue weighted by Crippen LogP contribution is 2.29. The summed E-state index contributed by atoms with van der Waals surface area (Å²) in [4.78, 5) is 2.29. The summed E-state index contributed by atoms with van der Waals surface area (Å²) in [5.41, 5.74) is 0.848. The minimum atomic E-state index is -0.478. The lowest BCUT2D eigenvalue weighted by atomic mass is 10.1. The van der Waals surface area contributed by atoms with Crippen LogP contribution in [0.5, 0.6) is 5.75 Å². The van der Waals surface area contributed by atoms with Gasteiger partial charge in [0.2, 0.25) is 0 Å². The maximum Gasteiger partial charge on any atom is 0.137 e. The number of aliphatic hydroxyl groups is 1. The van der Waals surface area contributed by atoms with Crippen molar-refractivity contribution in [3.8, 4) is 5.75 Å². The normalized spacial score (nSPS) is 12.7. The number of nitrogens with zero attached hydrogens (tertiary/aromatic N) is 1. The fourth-order valence-corrected chi connectivity index (χ4v) is 2.25. The third-order valence-electron chi connectivity index (χ3n) is 3.25. The molecular formula is C15H24ClNO2. The van der Waals surface area contributed by atoms with E-state index in [-0.39, 0.29) is 0 Å². The summed E-state index contributed by atoms with van der Waals surface area (Å²) >= 11 is 6.12. The SMILES string of the molecule is CCOc1ccc(C(O)CCN(CC)CC)cc1Cl. The molecule has 3 nitrogen and oxygen atoms in total. The Bertz CT molecular complexity index is 380. The fourth-order valence-electron chi connectivity index (χ4n) is 2.01. The van der Waals surface area contributed by atoms with Crippen molar-refractivity contribution in [2.24, 2.45) is 0 Å². The molecule has 0 aliphatic heterocycles. The van der Waals surface area contributed by atoms with Crippen LogP contribution >= 0.6 is 11.6 Å². The molecule has 0 aromatic heterocycles. The Balaban J connectivity index is 2.61. The van der Waals surface area contributed by atoms with Gasteiger partial charge in [0.15, 0.2) is 0 Å². The van der Waals surface area contributed by atoms with Crippen molar-refractivity contribution in [2.75, 3.05) is 26.2 Å². The van der Waals surface area contributed by atoms with Crippen LogP contribution in [0.2, 0.25) is 5.02 Å². The molecule has 0 aliphatic carbocycles. The molecule has 0 spiro atoms. The summed E-state index contributed by atoms with van der Waals surface area (Å²) in [6.45, 7) is 9.67. The molecule has 0 fully saturated rings. The minimum absolute atomic E-state index is 0.478. The molecule has 1 rings (SSSR count). The van der Waals surface area contributed by atoms with Crippen LogP contribution in [0.15, 0.2) is 18.2 Å². The zero-order valence-corrected chi connectivity index (χ0v) is 12.8. The molecule has 0 amide bonds. The van der Waals surface area contributed by atoms with Gasteiger partial charge in [0, 0.05) is 6.54 Å². The van der Waals surface area contributed by atoms with E-state index in [1.54, 1.807) is 6.07 Å². The predicted octanol–water partition coefficient (Wildman–Crippen LogP) is 3.50. The molecule has 0 saturated heterocycles. The van der Waals surface area contributed by atoms with Crippen molar-refractivity contribution in [3.63, 3.8) is 0 Å². The van der Waals surface area contributed by atoms with Crippen LogP contribution in [0.3, 0.4) is 0 Å². The van der Waals surface area contributed by atoms with E-state index < -0.39 is 6.10 Å². The van der Waals surface area contributed by atoms with E-state index >= 15 is 0 Å². The van der Waals surface area contributed by atoms with Gasteiger partial charge < -0.3 is 14.7 Å². The van der Waals surface area contributed by atoms with E-state index in [9.17, 15) is 5.11 Å². The topological polar surface area (TPSA) is 32.7 Å². The number of hydrogen-bond donors (Lipinski definition) is 1. The molecule has 19 heavy (non-hydrogen) atoms. The standard InChI is InChI=1S/C15H24ClNO2/c1-4-17(5-2)10-9-14(18)12-7-8-15(19-6-3)13(16)11-12/h7-8,11,14,18H,4-6,9-10H2,1-3H3. The molecule has 0 aliphatic rings. The molecular weight excluding hydrogens is 262 g/mol. The fraction of sp³-hybridized carbons (Fsp3) is 0.600. The van der Waals surface area contributed by atoms with Gasteiger partial charge in [-0.1, -0.05) is 31.5 Å². The van der Waals surface area contributed by atoms with E-state index in [4.69, 9.17) is 16.3 Å². The largest absolute Gasteiger partial charge is 0.492 e. The quantitative estimate of drug-likeness (QED) is 0.793. The number of hydrogen-bond acceptors (Lipinski definition) is 3. The number of rotatable bonds is 8. The Hall–Kier alpha value is -0.770. The Morgan fingerprint density at radius 2 is 1.95 bits per heavy atom. The second-order valence-corrected chi connectivity index (χ2v) is 4.86. The average molecular weight is 286 g/mol. The van der Waals surface area contributed by atoms with Crippen LogP contribution in [-0.2, 0) is 0 Å². The van der Waals surface area contributed by atoms with Crippen LogP contribution < -0.4 is 4.74 Å². The van der Waals surface area contributed by atoms with E-state index in [2.05, 4.69) is 18.7 Å². The summed E-state index contributed by atoms with van der Waals surface area (Å²) in [6, 6.07) is 5.49. The average Bonchev–Trinajstić information content (AvgIpc) is 2.42. The maximum absolute atomic E-state index is 10.2. The zero-order valence-electron chi connectivity index (χ0n) is 12.0. The summed E-state index contributed by atoms with van der Waals surface area (Å²) < 4.78 is 5.38. The lowest BCUT2D eigenvalue weighted by Crippen LogP contribution is -2.25. The highest BCUT2D eigenvalue weighted by Gasteiger charge is 2.11. The van der Waals surface area contributed by atoms with Crippen LogP contribution in [0, 0.1) is 0 Å². The van der Waals surface area contributed by atoms with Gasteiger partial charge in [0.1, 0.15) is 5.75 Å². The Kier molecular flexibility index (Phi) is 7.21. The molecule has 1 N–H and O–H groups in total. The van der Waals surface area contributed by atoms with Crippen molar-refractivity contribution in [1.29, 1.82) is 0 Å². The molecule has 1 unspecified atom stereocenters. The maximum atomic E-state index is 10.2. The molecule has 0 heterocycles.